The Bertz CT molecular complexity index is 499. The molecule has 19 heavy (non-hydrogen) atoms. The molecule has 1 amide bonds. The predicted octanol–water partition coefficient (Wildman–Crippen LogP) is 2.42. The van der Waals surface area contributed by atoms with Gasteiger partial charge in [-0.05, 0) is 39.0 Å². The highest BCUT2D eigenvalue weighted by molar-refractivity contribution is 7.90. The first-order valence-electron chi connectivity index (χ1n) is 6.60. The molecule has 4 nitrogen and oxygen atoms in total. The molecule has 0 heterocycles. The average molecular weight is 287 g/mol. The van der Waals surface area contributed by atoms with Crippen molar-refractivity contribution in [1.29, 1.82) is 0 Å². The van der Waals surface area contributed by atoms with E-state index in [1.54, 1.807) is 13.8 Å². The Hall–Kier alpha value is -0.840. The summed E-state index contributed by atoms with van der Waals surface area (Å²) < 4.78 is 25.0. The third-order valence-electron chi connectivity index (χ3n) is 3.98. The highest BCUT2D eigenvalue weighted by atomic mass is 32.2. The van der Waals surface area contributed by atoms with Crippen molar-refractivity contribution in [3.63, 3.8) is 0 Å². The van der Waals surface area contributed by atoms with E-state index in [0.717, 1.165) is 9.88 Å². The third-order valence-corrected chi connectivity index (χ3v) is 6.11. The van der Waals surface area contributed by atoms with Gasteiger partial charge in [0.2, 0.25) is 15.9 Å². The second-order valence-corrected chi connectivity index (χ2v) is 8.99. The zero-order chi connectivity index (χ0) is 15.2. The quantitative estimate of drug-likeness (QED) is 0.746. The summed E-state index contributed by atoms with van der Waals surface area (Å²) in [5.41, 5.74) is 0.998. The second-order valence-electron chi connectivity index (χ2n) is 6.47. The van der Waals surface area contributed by atoms with Crippen LogP contribution in [0, 0.1) is 17.3 Å². The van der Waals surface area contributed by atoms with Crippen LogP contribution in [0.5, 0.6) is 0 Å². The Morgan fingerprint density at radius 2 is 1.74 bits per heavy atom. The molecule has 1 rings (SSSR count). The lowest BCUT2D eigenvalue weighted by molar-refractivity contribution is -0.127. The van der Waals surface area contributed by atoms with E-state index in [1.165, 1.54) is 7.05 Å². The molecular formula is C14H25NO3S. The molecule has 0 spiro atoms. The van der Waals surface area contributed by atoms with Crippen molar-refractivity contribution in [2.45, 2.75) is 46.8 Å². The number of hydrogen-bond acceptors (Lipinski definition) is 3. The first-order chi connectivity index (χ1) is 8.44. The van der Waals surface area contributed by atoms with Crippen molar-refractivity contribution in [2.24, 2.45) is 17.3 Å². The van der Waals surface area contributed by atoms with Crippen molar-refractivity contribution in [3.8, 4) is 0 Å². The summed E-state index contributed by atoms with van der Waals surface area (Å²) in [6.07, 6.45) is 2.07. The lowest BCUT2D eigenvalue weighted by Gasteiger charge is -2.20. The van der Waals surface area contributed by atoms with Crippen LogP contribution in [-0.2, 0) is 14.8 Å². The Balaban J connectivity index is 2.96. The summed E-state index contributed by atoms with van der Waals surface area (Å²) in [6, 6.07) is 0. The summed E-state index contributed by atoms with van der Waals surface area (Å²) in [5.74, 6) is -0.392. The molecule has 0 radical (unpaired) electrons. The van der Waals surface area contributed by atoms with Crippen LogP contribution >= 0.6 is 0 Å². The molecule has 0 bridgehead atoms. The number of allylic oxidation sites excluding steroid dienone is 2. The van der Waals surface area contributed by atoms with Gasteiger partial charge in [0.25, 0.3) is 0 Å². The van der Waals surface area contributed by atoms with Crippen molar-refractivity contribution in [3.05, 3.63) is 11.6 Å². The molecule has 1 aliphatic carbocycles. The molecule has 0 aromatic rings. The monoisotopic (exact) mass is 287 g/mol. The highest BCUT2D eigenvalue weighted by Gasteiger charge is 2.61. The fourth-order valence-electron chi connectivity index (χ4n) is 2.46. The standard InChI is InChI=1S/C14H25NO3S/c1-9(2)8-11-12(14(11,5)6)13(16)15(7)19(17,18)10(3)4/h8,10-12H,1-7H3. The minimum Gasteiger partial charge on any atom is -0.273 e. The van der Waals surface area contributed by atoms with Crippen LogP contribution in [0.25, 0.3) is 0 Å². The molecule has 0 aliphatic heterocycles. The fourth-order valence-corrected chi connectivity index (χ4v) is 3.45. The van der Waals surface area contributed by atoms with Crippen LogP contribution < -0.4 is 0 Å². The SMILES string of the molecule is CC(C)=CC1C(C(=O)N(C)S(=O)(=O)C(C)C)C1(C)C. The van der Waals surface area contributed by atoms with Crippen LogP contribution in [0.3, 0.4) is 0 Å². The Morgan fingerprint density at radius 3 is 2.11 bits per heavy atom. The smallest absolute Gasteiger partial charge is 0.240 e. The zero-order valence-corrected chi connectivity index (χ0v) is 13.7. The van der Waals surface area contributed by atoms with Gasteiger partial charge in [0.1, 0.15) is 0 Å². The normalized spacial score (nSPS) is 25.1. The molecule has 1 aliphatic rings. The second kappa shape index (κ2) is 4.93. The van der Waals surface area contributed by atoms with Gasteiger partial charge in [0.05, 0.1) is 11.2 Å². The summed E-state index contributed by atoms with van der Waals surface area (Å²) in [4.78, 5) is 12.4. The lowest BCUT2D eigenvalue weighted by atomic mass is 10.1. The molecule has 110 valence electrons. The molecule has 1 saturated carbocycles. The van der Waals surface area contributed by atoms with E-state index in [9.17, 15) is 13.2 Å². The summed E-state index contributed by atoms with van der Waals surface area (Å²) in [5, 5.41) is -0.579. The van der Waals surface area contributed by atoms with Crippen LogP contribution in [0.4, 0.5) is 0 Å². The Kier molecular flexibility index (Phi) is 4.20. The van der Waals surface area contributed by atoms with Gasteiger partial charge in [0.15, 0.2) is 0 Å². The number of carbonyl (C=O) groups excluding carboxylic acids is 1. The van der Waals surface area contributed by atoms with Gasteiger partial charge in [0, 0.05) is 7.05 Å². The van der Waals surface area contributed by atoms with Gasteiger partial charge in [-0.3, -0.25) is 4.79 Å². The third kappa shape index (κ3) is 2.86. The van der Waals surface area contributed by atoms with Gasteiger partial charge in [-0.1, -0.05) is 25.5 Å². The van der Waals surface area contributed by atoms with Crippen molar-refractivity contribution >= 4 is 15.9 Å². The van der Waals surface area contributed by atoms with Gasteiger partial charge < -0.3 is 0 Å². The first kappa shape index (κ1) is 16.2. The maximum Gasteiger partial charge on any atom is 0.240 e. The van der Waals surface area contributed by atoms with E-state index < -0.39 is 15.3 Å². The van der Waals surface area contributed by atoms with Crippen LogP contribution in [0.15, 0.2) is 11.6 Å². The Labute approximate surface area is 116 Å². The first-order valence-corrected chi connectivity index (χ1v) is 8.11. The van der Waals surface area contributed by atoms with E-state index in [4.69, 9.17) is 0 Å². The van der Waals surface area contributed by atoms with E-state index in [1.807, 2.05) is 27.7 Å². The van der Waals surface area contributed by atoms with Crippen LogP contribution in [-0.4, -0.2) is 30.9 Å². The molecule has 0 aromatic heterocycles. The van der Waals surface area contributed by atoms with Gasteiger partial charge in [-0.15, -0.1) is 0 Å². The van der Waals surface area contributed by atoms with Gasteiger partial charge in [-0.25, -0.2) is 12.7 Å². The van der Waals surface area contributed by atoms with Gasteiger partial charge in [-0.2, -0.15) is 0 Å². The summed E-state index contributed by atoms with van der Waals surface area (Å²) >= 11 is 0. The average Bonchev–Trinajstić information content (AvgIpc) is 2.77. The minimum absolute atomic E-state index is 0.134. The van der Waals surface area contributed by atoms with Crippen molar-refractivity contribution in [1.82, 2.24) is 4.31 Å². The number of hydrogen-bond donors (Lipinski definition) is 0. The molecule has 0 N–H and O–H groups in total. The molecule has 2 unspecified atom stereocenters. The Morgan fingerprint density at radius 1 is 1.26 bits per heavy atom. The molecule has 0 aromatic carbocycles. The van der Waals surface area contributed by atoms with E-state index in [2.05, 4.69) is 6.08 Å². The van der Waals surface area contributed by atoms with E-state index in [-0.39, 0.29) is 23.2 Å². The molecule has 1 fully saturated rings. The van der Waals surface area contributed by atoms with E-state index >= 15 is 0 Å². The largest absolute Gasteiger partial charge is 0.273 e. The number of amides is 1. The molecule has 2 atom stereocenters. The van der Waals surface area contributed by atoms with Crippen LogP contribution in [0.2, 0.25) is 0 Å². The lowest BCUT2D eigenvalue weighted by Crippen LogP contribution is -2.39. The fraction of sp³-hybridized carbons (Fsp3) is 0.786. The van der Waals surface area contributed by atoms with E-state index in [0.29, 0.717) is 0 Å². The van der Waals surface area contributed by atoms with Gasteiger partial charge >= 0.3 is 0 Å². The molecular weight excluding hydrogens is 262 g/mol. The summed E-state index contributed by atoms with van der Waals surface area (Å²) in [6.45, 7) is 11.2. The highest BCUT2D eigenvalue weighted by Crippen LogP contribution is 2.60. The minimum atomic E-state index is -3.52. The number of sulfonamides is 1. The molecule has 5 heteroatoms. The number of carbonyl (C=O) groups is 1. The maximum atomic E-state index is 12.4. The van der Waals surface area contributed by atoms with Crippen molar-refractivity contribution in [2.75, 3.05) is 7.05 Å². The summed E-state index contributed by atoms with van der Waals surface area (Å²) in [7, 11) is -2.15. The number of rotatable bonds is 4. The topological polar surface area (TPSA) is 54.5 Å². The maximum absolute atomic E-state index is 12.4. The zero-order valence-electron chi connectivity index (χ0n) is 12.9. The number of nitrogens with zero attached hydrogens (tertiary/aromatic N) is 1. The van der Waals surface area contributed by atoms with Crippen molar-refractivity contribution < 1.29 is 13.2 Å². The predicted molar refractivity (Wildman–Crippen MR) is 77.0 cm³/mol. The van der Waals surface area contributed by atoms with Crippen LogP contribution in [0.1, 0.15) is 41.5 Å². The molecule has 0 saturated heterocycles.